The van der Waals surface area contributed by atoms with Gasteiger partial charge in [-0.05, 0) is 60.9 Å². The second-order valence-corrected chi connectivity index (χ2v) is 4.60. The quantitative estimate of drug-likeness (QED) is 0.675. The van der Waals surface area contributed by atoms with E-state index in [0.717, 1.165) is 40.0 Å². The molecular weight excluding hydrogens is 238 g/mol. The van der Waals surface area contributed by atoms with E-state index < -0.39 is 0 Å². The zero-order chi connectivity index (χ0) is 14.0. The summed E-state index contributed by atoms with van der Waals surface area (Å²) in [6.45, 7) is 3.95. The first-order valence-electron chi connectivity index (χ1n) is 6.07. The Labute approximate surface area is 113 Å². The average molecular weight is 255 g/mol. The monoisotopic (exact) mass is 255 g/mol. The minimum absolute atomic E-state index is 0.628. The maximum Gasteiger partial charge on any atom is 0.150 e. The van der Waals surface area contributed by atoms with Crippen LogP contribution in [-0.4, -0.2) is 13.4 Å². The average Bonchev–Trinajstić information content (AvgIpc) is 2.43. The summed E-state index contributed by atoms with van der Waals surface area (Å²) < 4.78 is 5.36. The number of rotatable bonds is 3. The van der Waals surface area contributed by atoms with E-state index in [9.17, 15) is 4.79 Å². The molecule has 19 heavy (non-hydrogen) atoms. The number of methoxy groups -OCH3 is 1. The Bertz CT molecular complexity index is 610. The first kappa shape index (κ1) is 13.1. The second-order valence-electron chi connectivity index (χ2n) is 4.60. The Balaban J connectivity index is 2.66. The third-order valence-corrected chi connectivity index (χ3v) is 3.26. The van der Waals surface area contributed by atoms with Gasteiger partial charge in [-0.1, -0.05) is 0 Å². The van der Waals surface area contributed by atoms with Gasteiger partial charge in [0.2, 0.25) is 0 Å². The van der Waals surface area contributed by atoms with Crippen molar-refractivity contribution in [3.8, 4) is 16.9 Å². The minimum atomic E-state index is 0.628. The van der Waals surface area contributed by atoms with Crippen LogP contribution in [0.3, 0.4) is 0 Å². The molecule has 0 spiro atoms. The van der Waals surface area contributed by atoms with Gasteiger partial charge in [0, 0.05) is 16.8 Å². The summed E-state index contributed by atoms with van der Waals surface area (Å²) in [6.07, 6.45) is 0.833. The fraction of sp³-hybridized carbons (Fsp3) is 0.188. The third kappa shape index (κ3) is 2.45. The van der Waals surface area contributed by atoms with E-state index >= 15 is 0 Å². The van der Waals surface area contributed by atoms with E-state index in [2.05, 4.69) is 0 Å². The highest BCUT2D eigenvalue weighted by Crippen LogP contribution is 2.33. The fourth-order valence-electron chi connectivity index (χ4n) is 2.15. The normalized spacial score (nSPS) is 10.3. The molecule has 3 heteroatoms. The standard InChI is InChI=1S/C16H17NO2/c1-10-6-13(7-11(2)16(10)17)14-8-12(9-18)4-5-15(14)19-3/h4-9H,17H2,1-3H3. The molecule has 0 atom stereocenters. The number of nitrogen functional groups attached to an aromatic ring is 1. The SMILES string of the molecule is COc1ccc(C=O)cc1-c1cc(C)c(N)c(C)c1. The molecule has 0 unspecified atom stereocenters. The largest absolute Gasteiger partial charge is 0.496 e. The number of ether oxygens (including phenoxy) is 1. The van der Waals surface area contributed by atoms with Crippen LogP contribution < -0.4 is 10.5 Å². The van der Waals surface area contributed by atoms with Gasteiger partial charge in [-0.15, -0.1) is 0 Å². The molecule has 0 saturated heterocycles. The van der Waals surface area contributed by atoms with Crippen molar-refractivity contribution in [3.05, 3.63) is 47.0 Å². The van der Waals surface area contributed by atoms with Crippen molar-refractivity contribution in [3.63, 3.8) is 0 Å². The number of carbonyl (C=O) groups is 1. The van der Waals surface area contributed by atoms with Gasteiger partial charge in [0.15, 0.2) is 0 Å². The smallest absolute Gasteiger partial charge is 0.150 e. The fourth-order valence-corrected chi connectivity index (χ4v) is 2.15. The highest BCUT2D eigenvalue weighted by molar-refractivity contribution is 5.82. The van der Waals surface area contributed by atoms with Crippen LogP contribution in [0.1, 0.15) is 21.5 Å². The van der Waals surface area contributed by atoms with Crippen LogP contribution in [0.4, 0.5) is 5.69 Å². The summed E-state index contributed by atoms with van der Waals surface area (Å²) in [6, 6.07) is 9.40. The van der Waals surface area contributed by atoms with E-state index in [0.29, 0.717) is 5.56 Å². The predicted molar refractivity (Wildman–Crippen MR) is 77.7 cm³/mol. The van der Waals surface area contributed by atoms with Crippen molar-refractivity contribution < 1.29 is 9.53 Å². The molecule has 0 aliphatic rings. The Hall–Kier alpha value is -2.29. The second kappa shape index (κ2) is 5.14. The van der Waals surface area contributed by atoms with Gasteiger partial charge in [-0.3, -0.25) is 4.79 Å². The van der Waals surface area contributed by atoms with Crippen molar-refractivity contribution in [1.29, 1.82) is 0 Å². The lowest BCUT2D eigenvalue weighted by atomic mass is 9.97. The number of hydrogen-bond acceptors (Lipinski definition) is 3. The summed E-state index contributed by atoms with van der Waals surface area (Å²) in [5, 5.41) is 0. The summed E-state index contributed by atoms with van der Waals surface area (Å²) in [4.78, 5) is 10.9. The van der Waals surface area contributed by atoms with E-state index in [1.165, 1.54) is 0 Å². The molecule has 0 fully saturated rings. The highest BCUT2D eigenvalue weighted by atomic mass is 16.5. The maximum atomic E-state index is 10.9. The topological polar surface area (TPSA) is 52.3 Å². The number of aldehydes is 1. The molecule has 0 amide bonds. The third-order valence-electron chi connectivity index (χ3n) is 3.26. The Morgan fingerprint density at radius 2 is 1.74 bits per heavy atom. The van der Waals surface area contributed by atoms with Crippen LogP contribution in [-0.2, 0) is 0 Å². The molecule has 2 rings (SSSR count). The van der Waals surface area contributed by atoms with Crippen LogP contribution in [0.2, 0.25) is 0 Å². The Morgan fingerprint density at radius 1 is 1.11 bits per heavy atom. The van der Waals surface area contributed by atoms with Gasteiger partial charge in [0.05, 0.1) is 7.11 Å². The highest BCUT2D eigenvalue weighted by Gasteiger charge is 2.09. The van der Waals surface area contributed by atoms with Crippen LogP contribution in [0.5, 0.6) is 5.75 Å². The van der Waals surface area contributed by atoms with Gasteiger partial charge in [0.25, 0.3) is 0 Å². The molecule has 0 aliphatic heterocycles. The van der Waals surface area contributed by atoms with Crippen molar-refractivity contribution in [1.82, 2.24) is 0 Å². The number of nitrogens with two attached hydrogens (primary N) is 1. The van der Waals surface area contributed by atoms with E-state index in [4.69, 9.17) is 10.5 Å². The molecule has 2 aromatic rings. The van der Waals surface area contributed by atoms with Gasteiger partial charge in [-0.25, -0.2) is 0 Å². The summed E-state index contributed by atoms with van der Waals surface area (Å²) >= 11 is 0. The molecule has 0 aliphatic carbocycles. The molecule has 0 bridgehead atoms. The summed E-state index contributed by atoms with van der Waals surface area (Å²) in [5.41, 5.74) is 11.3. The van der Waals surface area contributed by atoms with E-state index in [1.807, 2.05) is 32.0 Å². The molecular formula is C16H17NO2. The number of anilines is 1. The van der Waals surface area contributed by atoms with E-state index in [1.54, 1.807) is 19.2 Å². The first-order valence-corrected chi connectivity index (χ1v) is 6.07. The number of benzene rings is 2. The zero-order valence-electron chi connectivity index (χ0n) is 11.4. The number of carbonyl (C=O) groups excluding carboxylic acids is 1. The van der Waals surface area contributed by atoms with Crippen molar-refractivity contribution in [2.24, 2.45) is 0 Å². The molecule has 2 N–H and O–H groups in total. The minimum Gasteiger partial charge on any atom is -0.496 e. The predicted octanol–water partition coefficient (Wildman–Crippen LogP) is 3.37. The van der Waals surface area contributed by atoms with Crippen LogP contribution >= 0.6 is 0 Å². The zero-order valence-corrected chi connectivity index (χ0v) is 11.4. The van der Waals surface area contributed by atoms with Crippen LogP contribution in [0, 0.1) is 13.8 Å². The molecule has 2 aromatic carbocycles. The van der Waals surface area contributed by atoms with Crippen molar-refractivity contribution >= 4 is 12.0 Å². The number of hydrogen-bond donors (Lipinski definition) is 1. The molecule has 3 nitrogen and oxygen atoms in total. The Kier molecular flexibility index (Phi) is 3.56. The lowest BCUT2D eigenvalue weighted by Crippen LogP contribution is -1.96. The molecule has 0 aromatic heterocycles. The van der Waals surface area contributed by atoms with Crippen LogP contribution in [0.15, 0.2) is 30.3 Å². The molecule has 0 heterocycles. The molecule has 0 radical (unpaired) electrons. The molecule has 0 saturated carbocycles. The maximum absolute atomic E-state index is 10.9. The molecule has 98 valence electrons. The lowest BCUT2D eigenvalue weighted by Gasteiger charge is -2.13. The van der Waals surface area contributed by atoms with Gasteiger partial charge < -0.3 is 10.5 Å². The lowest BCUT2D eigenvalue weighted by molar-refractivity contribution is 0.112. The summed E-state index contributed by atoms with van der Waals surface area (Å²) in [7, 11) is 1.62. The van der Waals surface area contributed by atoms with Crippen molar-refractivity contribution in [2.75, 3.05) is 12.8 Å². The van der Waals surface area contributed by atoms with Crippen LogP contribution in [0.25, 0.3) is 11.1 Å². The van der Waals surface area contributed by atoms with Gasteiger partial charge in [-0.2, -0.15) is 0 Å². The Morgan fingerprint density at radius 3 is 2.26 bits per heavy atom. The van der Waals surface area contributed by atoms with Crippen molar-refractivity contribution in [2.45, 2.75) is 13.8 Å². The van der Waals surface area contributed by atoms with Gasteiger partial charge in [0.1, 0.15) is 12.0 Å². The first-order chi connectivity index (χ1) is 9.06. The summed E-state index contributed by atoms with van der Waals surface area (Å²) in [5.74, 6) is 0.745. The van der Waals surface area contributed by atoms with Gasteiger partial charge >= 0.3 is 0 Å². The number of aryl methyl sites for hydroxylation is 2. The van der Waals surface area contributed by atoms with E-state index in [-0.39, 0.29) is 0 Å².